The van der Waals surface area contributed by atoms with E-state index in [1.807, 2.05) is 0 Å². The first kappa shape index (κ1) is 8.79. The zero-order chi connectivity index (χ0) is 8.10. The smallest absolute Gasteiger partial charge is 0.00696 e. The van der Waals surface area contributed by atoms with Crippen LogP contribution in [0.2, 0.25) is 0 Å². The second-order valence-corrected chi connectivity index (χ2v) is 3.61. The van der Waals surface area contributed by atoms with Gasteiger partial charge in [0.25, 0.3) is 0 Å². The fourth-order valence-electron chi connectivity index (χ4n) is 1.71. The number of rotatable bonds is 1. The van der Waals surface area contributed by atoms with Gasteiger partial charge in [0.05, 0.1) is 0 Å². The minimum absolute atomic E-state index is 0.745. The second kappa shape index (κ2) is 4.55. The maximum absolute atomic E-state index is 3.37. The Bertz CT molecular complexity index is 129. The third-order valence-corrected chi connectivity index (χ3v) is 2.48. The summed E-state index contributed by atoms with van der Waals surface area (Å²) >= 11 is 0. The predicted molar refractivity (Wildman–Crippen MR) is 49.6 cm³/mol. The van der Waals surface area contributed by atoms with E-state index in [1.165, 1.54) is 25.7 Å². The Kier molecular flexibility index (Phi) is 3.64. The van der Waals surface area contributed by atoms with Gasteiger partial charge in [0.15, 0.2) is 0 Å². The van der Waals surface area contributed by atoms with Gasteiger partial charge in [-0.25, -0.2) is 0 Å². The molecule has 0 aromatic carbocycles. The number of nitrogens with one attached hydrogen (secondary N) is 1. The van der Waals surface area contributed by atoms with Gasteiger partial charge in [0.1, 0.15) is 0 Å². The highest BCUT2D eigenvalue weighted by Gasteiger charge is 2.11. The van der Waals surface area contributed by atoms with E-state index in [0.717, 1.165) is 12.0 Å². The summed E-state index contributed by atoms with van der Waals surface area (Å²) in [5, 5.41) is 3.37. The van der Waals surface area contributed by atoms with E-state index < -0.39 is 0 Å². The van der Waals surface area contributed by atoms with Crippen LogP contribution < -0.4 is 5.32 Å². The summed E-state index contributed by atoms with van der Waals surface area (Å²) in [7, 11) is 2.07. The summed E-state index contributed by atoms with van der Waals surface area (Å²) < 4.78 is 0. The Hall–Kier alpha value is -0.300. The van der Waals surface area contributed by atoms with Crippen LogP contribution >= 0.6 is 0 Å². The van der Waals surface area contributed by atoms with Gasteiger partial charge in [-0.3, -0.25) is 0 Å². The Morgan fingerprint density at radius 3 is 2.91 bits per heavy atom. The molecule has 0 saturated carbocycles. The van der Waals surface area contributed by atoms with E-state index in [-0.39, 0.29) is 0 Å². The van der Waals surface area contributed by atoms with Crippen molar-refractivity contribution >= 4 is 0 Å². The van der Waals surface area contributed by atoms with Crippen molar-refractivity contribution in [3.63, 3.8) is 0 Å². The van der Waals surface area contributed by atoms with Gasteiger partial charge in [0, 0.05) is 6.04 Å². The monoisotopic (exact) mass is 153 g/mol. The van der Waals surface area contributed by atoms with Gasteiger partial charge in [-0.1, -0.05) is 19.1 Å². The average Bonchev–Trinajstić information content (AvgIpc) is 1.96. The van der Waals surface area contributed by atoms with Gasteiger partial charge in [-0.05, 0) is 38.6 Å². The molecule has 0 bridgehead atoms. The Balaban J connectivity index is 2.40. The molecule has 2 atom stereocenters. The van der Waals surface area contributed by atoms with Gasteiger partial charge in [-0.2, -0.15) is 0 Å². The third-order valence-electron chi connectivity index (χ3n) is 2.48. The van der Waals surface area contributed by atoms with E-state index in [2.05, 4.69) is 31.4 Å². The van der Waals surface area contributed by atoms with Crippen LogP contribution in [0.25, 0.3) is 0 Å². The SMILES string of the molecule is CNC1CC/C=C\CC(C)C1. The molecule has 1 aliphatic carbocycles. The minimum Gasteiger partial charge on any atom is -0.317 e. The first-order valence-corrected chi connectivity index (χ1v) is 4.65. The fourth-order valence-corrected chi connectivity index (χ4v) is 1.71. The van der Waals surface area contributed by atoms with Crippen molar-refractivity contribution in [1.29, 1.82) is 0 Å². The lowest BCUT2D eigenvalue weighted by Gasteiger charge is -2.20. The Labute approximate surface area is 69.9 Å². The molecule has 64 valence electrons. The van der Waals surface area contributed by atoms with Crippen molar-refractivity contribution in [2.24, 2.45) is 5.92 Å². The van der Waals surface area contributed by atoms with Crippen molar-refractivity contribution in [3.8, 4) is 0 Å². The number of allylic oxidation sites excluding steroid dienone is 2. The van der Waals surface area contributed by atoms with Gasteiger partial charge in [-0.15, -0.1) is 0 Å². The van der Waals surface area contributed by atoms with Crippen molar-refractivity contribution in [1.82, 2.24) is 5.32 Å². The van der Waals surface area contributed by atoms with Crippen molar-refractivity contribution < 1.29 is 0 Å². The van der Waals surface area contributed by atoms with Crippen LogP contribution in [0, 0.1) is 5.92 Å². The average molecular weight is 153 g/mol. The molecule has 0 aromatic rings. The topological polar surface area (TPSA) is 12.0 Å². The summed E-state index contributed by atoms with van der Waals surface area (Å²) in [6.45, 7) is 2.33. The maximum Gasteiger partial charge on any atom is 0.00696 e. The molecule has 1 rings (SSSR count). The molecular formula is C10H19N. The lowest BCUT2D eigenvalue weighted by atomic mass is 9.93. The molecule has 2 unspecified atom stereocenters. The largest absolute Gasteiger partial charge is 0.317 e. The molecule has 0 aromatic heterocycles. The highest BCUT2D eigenvalue weighted by atomic mass is 14.9. The van der Waals surface area contributed by atoms with Crippen molar-refractivity contribution in [2.75, 3.05) is 7.05 Å². The van der Waals surface area contributed by atoms with Crippen molar-refractivity contribution in [2.45, 2.75) is 38.6 Å². The third kappa shape index (κ3) is 3.06. The van der Waals surface area contributed by atoms with E-state index in [4.69, 9.17) is 0 Å². The van der Waals surface area contributed by atoms with Crippen LogP contribution in [0.4, 0.5) is 0 Å². The van der Waals surface area contributed by atoms with Crippen LogP contribution in [0.15, 0.2) is 12.2 Å². The Morgan fingerprint density at radius 2 is 2.18 bits per heavy atom. The van der Waals surface area contributed by atoms with Gasteiger partial charge < -0.3 is 5.32 Å². The molecule has 0 radical (unpaired) electrons. The van der Waals surface area contributed by atoms with Crippen LogP contribution in [0.5, 0.6) is 0 Å². The molecule has 1 aliphatic rings. The molecular weight excluding hydrogens is 134 g/mol. The van der Waals surface area contributed by atoms with E-state index >= 15 is 0 Å². The standard InChI is InChI=1S/C10H19N/c1-9-6-4-3-5-7-10(8-9)11-2/h3-4,9-11H,5-8H2,1-2H3/b4-3-. The lowest BCUT2D eigenvalue weighted by Crippen LogP contribution is -2.27. The zero-order valence-electron chi connectivity index (χ0n) is 7.64. The first-order chi connectivity index (χ1) is 5.33. The summed E-state index contributed by atoms with van der Waals surface area (Å²) in [5.41, 5.74) is 0. The molecule has 0 heterocycles. The highest BCUT2D eigenvalue weighted by Crippen LogP contribution is 2.17. The highest BCUT2D eigenvalue weighted by molar-refractivity contribution is 4.88. The molecule has 1 N–H and O–H groups in total. The molecule has 1 nitrogen and oxygen atoms in total. The maximum atomic E-state index is 3.37. The van der Waals surface area contributed by atoms with E-state index in [1.54, 1.807) is 0 Å². The molecule has 0 aliphatic heterocycles. The first-order valence-electron chi connectivity index (χ1n) is 4.65. The van der Waals surface area contributed by atoms with E-state index in [9.17, 15) is 0 Å². The van der Waals surface area contributed by atoms with Gasteiger partial charge in [0.2, 0.25) is 0 Å². The minimum atomic E-state index is 0.745. The predicted octanol–water partition coefficient (Wildman–Crippen LogP) is 2.34. The summed E-state index contributed by atoms with van der Waals surface area (Å²) in [5.74, 6) is 0.851. The Morgan fingerprint density at radius 1 is 1.36 bits per heavy atom. The molecule has 0 fully saturated rings. The number of hydrogen-bond acceptors (Lipinski definition) is 1. The quantitative estimate of drug-likeness (QED) is 0.570. The zero-order valence-corrected chi connectivity index (χ0v) is 7.64. The summed E-state index contributed by atoms with van der Waals surface area (Å²) in [6.07, 6.45) is 9.80. The molecule has 0 spiro atoms. The molecule has 0 amide bonds. The van der Waals surface area contributed by atoms with Crippen LogP contribution in [0.3, 0.4) is 0 Å². The van der Waals surface area contributed by atoms with E-state index in [0.29, 0.717) is 0 Å². The van der Waals surface area contributed by atoms with Crippen LogP contribution in [-0.4, -0.2) is 13.1 Å². The normalized spacial score (nSPS) is 35.8. The molecule has 0 saturated heterocycles. The summed E-state index contributed by atoms with van der Waals surface area (Å²) in [6, 6.07) is 0.745. The number of hydrogen-bond donors (Lipinski definition) is 1. The van der Waals surface area contributed by atoms with Crippen molar-refractivity contribution in [3.05, 3.63) is 12.2 Å². The summed E-state index contributed by atoms with van der Waals surface area (Å²) in [4.78, 5) is 0. The fraction of sp³-hybridized carbons (Fsp3) is 0.800. The van der Waals surface area contributed by atoms with Gasteiger partial charge >= 0.3 is 0 Å². The van der Waals surface area contributed by atoms with Crippen LogP contribution in [0.1, 0.15) is 32.6 Å². The molecule has 1 heteroatoms. The second-order valence-electron chi connectivity index (χ2n) is 3.61. The molecule has 11 heavy (non-hydrogen) atoms. The lowest BCUT2D eigenvalue weighted by molar-refractivity contribution is 0.399. The van der Waals surface area contributed by atoms with Crippen LogP contribution in [-0.2, 0) is 0 Å².